The first-order chi connectivity index (χ1) is 10.1. The molecule has 2 rings (SSSR count). The van der Waals surface area contributed by atoms with Crippen LogP contribution in [0.2, 0.25) is 0 Å². The minimum atomic E-state index is -2.41. The standard InChI is InChI=1S/C16H17F2NOS/c1-2-14(13-5-3-4-6-15(13)20)19-11-7-9-12(10-8-11)21-16(17)18/h3-10,14,16,19-20H,2H2,1H3. The van der Waals surface area contributed by atoms with Crippen LogP contribution >= 0.6 is 11.8 Å². The SMILES string of the molecule is CCC(Nc1ccc(SC(F)F)cc1)c1ccccc1O. The number of halogens is 2. The Labute approximate surface area is 127 Å². The minimum absolute atomic E-state index is 0.0280. The Morgan fingerprint density at radius 1 is 1.10 bits per heavy atom. The molecule has 0 spiro atoms. The molecule has 112 valence electrons. The first kappa shape index (κ1) is 15.6. The highest BCUT2D eigenvalue weighted by Gasteiger charge is 2.13. The van der Waals surface area contributed by atoms with Gasteiger partial charge in [-0.3, -0.25) is 0 Å². The Kier molecular flexibility index (Phi) is 5.44. The van der Waals surface area contributed by atoms with Gasteiger partial charge in [-0.1, -0.05) is 36.9 Å². The van der Waals surface area contributed by atoms with E-state index >= 15 is 0 Å². The van der Waals surface area contributed by atoms with Gasteiger partial charge in [0.15, 0.2) is 0 Å². The lowest BCUT2D eigenvalue weighted by Crippen LogP contribution is -2.09. The minimum Gasteiger partial charge on any atom is -0.508 e. The summed E-state index contributed by atoms with van der Waals surface area (Å²) < 4.78 is 24.5. The van der Waals surface area contributed by atoms with Crippen molar-refractivity contribution < 1.29 is 13.9 Å². The molecule has 1 atom stereocenters. The number of benzene rings is 2. The van der Waals surface area contributed by atoms with Crippen LogP contribution in [0.5, 0.6) is 5.75 Å². The summed E-state index contributed by atoms with van der Waals surface area (Å²) in [6, 6.07) is 14.0. The smallest absolute Gasteiger partial charge is 0.288 e. The maximum atomic E-state index is 12.3. The summed E-state index contributed by atoms with van der Waals surface area (Å²) in [7, 11) is 0. The molecule has 0 aliphatic rings. The van der Waals surface area contributed by atoms with Crippen LogP contribution in [0.25, 0.3) is 0 Å². The monoisotopic (exact) mass is 309 g/mol. The van der Waals surface area contributed by atoms with E-state index in [9.17, 15) is 13.9 Å². The molecule has 0 bridgehead atoms. The van der Waals surface area contributed by atoms with Gasteiger partial charge in [0.1, 0.15) is 5.75 Å². The summed E-state index contributed by atoms with van der Waals surface area (Å²) >= 11 is 0.529. The van der Waals surface area contributed by atoms with Gasteiger partial charge in [0.2, 0.25) is 0 Å². The quantitative estimate of drug-likeness (QED) is 0.713. The van der Waals surface area contributed by atoms with Gasteiger partial charge in [0.05, 0.1) is 6.04 Å². The Bertz CT molecular complexity index is 575. The van der Waals surface area contributed by atoms with Crippen molar-refractivity contribution in [2.45, 2.75) is 30.0 Å². The van der Waals surface area contributed by atoms with E-state index in [4.69, 9.17) is 0 Å². The number of aromatic hydroxyl groups is 1. The highest BCUT2D eigenvalue weighted by molar-refractivity contribution is 7.99. The highest BCUT2D eigenvalue weighted by Crippen LogP contribution is 2.31. The van der Waals surface area contributed by atoms with Crippen molar-refractivity contribution in [3.05, 3.63) is 54.1 Å². The molecule has 0 aliphatic heterocycles. The van der Waals surface area contributed by atoms with E-state index < -0.39 is 5.76 Å². The van der Waals surface area contributed by atoms with Crippen molar-refractivity contribution in [1.29, 1.82) is 0 Å². The molecule has 2 aromatic carbocycles. The zero-order chi connectivity index (χ0) is 15.2. The van der Waals surface area contributed by atoms with Gasteiger partial charge in [-0.2, -0.15) is 8.78 Å². The summed E-state index contributed by atoms with van der Waals surface area (Å²) in [5.74, 6) is -2.16. The summed E-state index contributed by atoms with van der Waals surface area (Å²) in [6.45, 7) is 2.02. The lowest BCUT2D eigenvalue weighted by atomic mass is 10.0. The molecule has 0 heterocycles. The molecule has 2 N–H and O–H groups in total. The first-order valence-electron chi connectivity index (χ1n) is 6.69. The van der Waals surface area contributed by atoms with Crippen LogP contribution in [-0.4, -0.2) is 10.9 Å². The van der Waals surface area contributed by atoms with Gasteiger partial charge in [0.25, 0.3) is 5.76 Å². The van der Waals surface area contributed by atoms with Crippen molar-refractivity contribution >= 4 is 17.4 Å². The number of phenols is 1. The van der Waals surface area contributed by atoms with Crippen LogP contribution in [0, 0.1) is 0 Å². The second kappa shape index (κ2) is 7.31. The van der Waals surface area contributed by atoms with E-state index in [0.29, 0.717) is 16.7 Å². The normalized spacial score (nSPS) is 12.4. The Hall–Kier alpha value is -1.75. The Morgan fingerprint density at radius 2 is 1.76 bits per heavy atom. The Morgan fingerprint density at radius 3 is 2.33 bits per heavy atom. The number of hydrogen-bond acceptors (Lipinski definition) is 3. The number of hydrogen-bond donors (Lipinski definition) is 2. The zero-order valence-corrected chi connectivity index (χ0v) is 12.4. The van der Waals surface area contributed by atoms with Crippen molar-refractivity contribution in [2.24, 2.45) is 0 Å². The third kappa shape index (κ3) is 4.36. The van der Waals surface area contributed by atoms with Crippen molar-refractivity contribution in [2.75, 3.05) is 5.32 Å². The second-order valence-corrected chi connectivity index (χ2v) is 5.63. The molecule has 0 fully saturated rings. The van der Waals surface area contributed by atoms with Crippen molar-refractivity contribution in [1.82, 2.24) is 0 Å². The molecule has 1 unspecified atom stereocenters. The fourth-order valence-corrected chi connectivity index (χ4v) is 2.61. The fourth-order valence-electron chi connectivity index (χ4n) is 2.12. The average molecular weight is 309 g/mol. The van der Waals surface area contributed by atoms with Gasteiger partial charge in [-0.25, -0.2) is 0 Å². The molecule has 5 heteroatoms. The van der Waals surface area contributed by atoms with Crippen LogP contribution in [0.15, 0.2) is 53.4 Å². The van der Waals surface area contributed by atoms with Crippen LogP contribution in [0.1, 0.15) is 24.9 Å². The third-order valence-electron chi connectivity index (χ3n) is 3.14. The highest BCUT2D eigenvalue weighted by atomic mass is 32.2. The summed E-state index contributed by atoms with van der Waals surface area (Å²) in [5, 5.41) is 13.2. The van der Waals surface area contributed by atoms with Gasteiger partial charge in [-0.15, -0.1) is 0 Å². The molecule has 0 aromatic heterocycles. The molecular formula is C16H17F2NOS. The summed E-state index contributed by atoms with van der Waals surface area (Å²) in [4.78, 5) is 0.533. The summed E-state index contributed by atoms with van der Waals surface area (Å²) in [6.07, 6.45) is 0.797. The van der Waals surface area contributed by atoms with E-state index in [0.717, 1.165) is 17.7 Å². The van der Waals surface area contributed by atoms with Gasteiger partial charge >= 0.3 is 0 Å². The number of phenolic OH excluding ortho intramolecular Hbond substituents is 1. The van der Waals surface area contributed by atoms with Gasteiger partial charge in [0, 0.05) is 16.1 Å². The number of thioether (sulfide) groups is 1. The van der Waals surface area contributed by atoms with Gasteiger partial charge in [-0.05, 0) is 36.8 Å². The maximum absolute atomic E-state index is 12.3. The zero-order valence-electron chi connectivity index (χ0n) is 11.6. The molecule has 0 aliphatic carbocycles. The predicted molar refractivity (Wildman–Crippen MR) is 83.1 cm³/mol. The van der Waals surface area contributed by atoms with Crippen LogP contribution in [0.4, 0.5) is 14.5 Å². The molecule has 0 saturated carbocycles. The lowest BCUT2D eigenvalue weighted by Gasteiger charge is -2.20. The van der Waals surface area contributed by atoms with Crippen LogP contribution in [0.3, 0.4) is 0 Å². The average Bonchev–Trinajstić information content (AvgIpc) is 2.47. The fraction of sp³-hybridized carbons (Fsp3) is 0.250. The third-order valence-corrected chi connectivity index (χ3v) is 3.86. The number of anilines is 1. The number of nitrogens with one attached hydrogen (secondary N) is 1. The molecule has 21 heavy (non-hydrogen) atoms. The van der Waals surface area contributed by atoms with E-state index in [1.807, 2.05) is 19.1 Å². The van der Waals surface area contributed by atoms with E-state index in [-0.39, 0.29) is 11.8 Å². The van der Waals surface area contributed by atoms with E-state index in [2.05, 4.69) is 5.32 Å². The van der Waals surface area contributed by atoms with Crippen molar-refractivity contribution in [3.63, 3.8) is 0 Å². The molecular weight excluding hydrogens is 292 g/mol. The lowest BCUT2D eigenvalue weighted by molar-refractivity contribution is 0.252. The number of para-hydroxylation sites is 1. The largest absolute Gasteiger partial charge is 0.508 e. The topological polar surface area (TPSA) is 32.3 Å². The van der Waals surface area contributed by atoms with E-state index in [1.54, 1.807) is 36.4 Å². The van der Waals surface area contributed by atoms with E-state index in [1.165, 1.54) is 0 Å². The number of rotatable bonds is 6. The second-order valence-electron chi connectivity index (χ2n) is 4.57. The molecule has 0 saturated heterocycles. The summed E-state index contributed by atoms with van der Waals surface area (Å²) in [5.41, 5.74) is 1.66. The molecule has 0 radical (unpaired) electrons. The maximum Gasteiger partial charge on any atom is 0.288 e. The van der Waals surface area contributed by atoms with Crippen LogP contribution in [-0.2, 0) is 0 Å². The molecule has 0 amide bonds. The molecule has 2 nitrogen and oxygen atoms in total. The first-order valence-corrected chi connectivity index (χ1v) is 7.57. The molecule has 2 aromatic rings. The predicted octanol–water partition coefficient (Wildman–Crippen LogP) is 5.27. The number of alkyl halides is 2. The van der Waals surface area contributed by atoms with Gasteiger partial charge < -0.3 is 10.4 Å². The van der Waals surface area contributed by atoms with Crippen molar-refractivity contribution in [3.8, 4) is 5.75 Å². The van der Waals surface area contributed by atoms with Crippen LogP contribution < -0.4 is 5.32 Å². The Balaban J connectivity index is 2.10.